The van der Waals surface area contributed by atoms with E-state index in [1.807, 2.05) is 34.0 Å². The SMILES string of the molecule is CCCCCCc1csc(-c2ccc(-c3cc(CCCCCC)cs3)s2)c1. The Morgan fingerprint density at radius 2 is 1.07 bits per heavy atom. The van der Waals surface area contributed by atoms with Gasteiger partial charge in [-0.15, -0.1) is 34.0 Å². The van der Waals surface area contributed by atoms with E-state index < -0.39 is 0 Å². The Balaban J connectivity index is 1.57. The second-order valence-electron chi connectivity index (χ2n) is 7.42. The van der Waals surface area contributed by atoms with Crippen molar-refractivity contribution in [2.24, 2.45) is 0 Å². The van der Waals surface area contributed by atoms with E-state index in [0.717, 1.165) is 0 Å². The molecule has 3 aromatic heterocycles. The Labute approximate surface area is 177 Å². The van der Waals surface area contributed by atoms with Crippen LogP contribution < -0.4 is 0 Å². The van der Waals surface area contributed by atoms with Crippen LogP contribution in [0.4, 0.5) is 0 Å². The summed E-state index contributed by atoms with van der Waals surface area (Å²) in [6.45, 7) is 4.56. The Morgan fingerprint density at radius 1 is 0.593 bits per heavy atom. The molecule has 0 aliphatic carbocycles. The van der Waals surface area contributed by atoms with Crippen molar-refractivity contribution in [2.75, 3.05) is 0 Å². The van der Waals surface area contributed by atoms with Crippen molar-refractivity contribution < 1.29 is 0 Å². The second kappa shape index (κ2) is 11.2. The van der Waals surface area contributed by atoms with E-state index in [1.165, 1.54) is 94.8 Å². The molecule has 0 spiro atoms. The molecule has 0 atom stereocenters. The predicted octanol–water partition coefficient (Wildman–Crippen LogP) is 9.45. The van der Waals surface area contributed by atoms with Crippen LogP contribution in [0.1, 0.15) is 76.3 Å². The molecule has 0 radical (unpaired) electrons. The van der Waals surface area contributed by atoms with Crippen LogP contribution in [0.3, 0.4) is 0 Å². The van der Waals surface area contributed by atoms with Gasteiger partial charge in [-0.05, 0) is 71.8 Å². The van der Waals surface area contributed by atoms with Gasteiger partial charge in [-0.25, -0.2) is 0 Å². The fourth-order valence-electron chi connectivity index (χ4n) is 3.39. The van der Waals surface area contributed by atoms with E-state index in [0.29, 0.717) is 0 Å². The molecular formula is C24H32S3. The number of thiophene rings is 3. The first-order valence-corrected chi connectivity index (χ1v) is 13.1. The first kappa shape index (κ1) is 20.8. The van der Waals surface area contributed by atoms with Crippen molar-refractivity contribution >= 4 is 34.0 Å². The summed E-state index contributed by atoms with van der Waals surface area (Å²) in [4.78, 5) is 5.72. The molecule has 3 rings (SSSR count). The van der Waals surface area contributed by atoms with Gasteiger partial charge in [0.1, 0.15) is 0 Å². The molecule has 0 saturated heterocycles. The normalized spacial score (nSPS) is 11.3. The number of hydrogen-bond donors (Lipinski definition) is 0. The molecule has 0 aliphatic rings. The Kier molecular flexibility index (Phi) is 8.63. The van der Waals surface area contributed by atoms with Crippen molar-refractivity contribution in [3.05, 3.63) is 46.2 Å². The molecule has 0 fully saturated rings. The Bertz CT molecular complexity index is 725. The summed E-state index contributed by atoms with van der Waals surface area (Å²) in [6.07, 6.45) is 13.2. The molecule has 3 aromatic rings. The highest BCUT2D eigenvalue weighted by atomic mass is 32.1. The second-order valence-corrected chi connectivity index (χ2v) is 10.3. The maximum atomic E-state index is 2.42. The van der Waals surface area contributed by atoms with E-state index in [1.54, 1.807) is 0 Å². The van der Waals surface area contributed by atoms with Crippen LogP contribution in [0.15, 0.2) is 35.0 Å². The molecule has 0 bridgehead atoms. The van der Waals surface area contributed by atoms with Gasteiger partial charge in [-0.2, -0.15) is 0 Å². The number of rotatable bonds is 12. The fraction of sp³-hybridized carbons (Fsp3) is 0.500. The van der Waals surface area contributed by atoms with Gasteiger partial charge in [0.25, 0.3) is 0 Å². The minimum Gasteiger partial charge on any atom is -0.143 e. The zero-order valence-electron chi connectivity index (χ0n) is 16.8. The monoisotopic (exact) mass is 416 g/mol. The summed E-state index contributed by atoms with van der Waals surface area (Å²) in [7, 11) is 0. The third-order valence-electron chi connectivity index (χ3n) is 5.04. The average molecular weight is 417 g/mol. The van der Waals surface area contributed by atoms with Gasteiger partial charge in [0.2, 0.25) is 0 Å². The van der Waals surface area contributed by atoms with Gasteiger partial charge < -0.3 is 0 Å². The Hall–Kier alpha value is -0.900. The summed E-state index contributed by atoms with van der Waals surface area (Å²) >= 11 is 5.77. The summed E-state index contributed by atoms with van der Waals surface area (Å²) in [6, 6.07) is 9.46. The largest absolute Gasteiger partial charge is 0.143 e. The third-order valence-corrected chi connectivity index (χ3v) is 8.47. The molecule has 0 amide bonds. The van der Waals surface area contributed by atoms with E-state index in [9.17, 15) is 0 Å². The summed E-state index contributed by atoms with van der Waals surface area (Å²) in [5.41, 5.74) is 3.04. The lowest BCUT2D eigenvalue weighted by molar-refractivity contribution is 0.667. The highest BCUT2D eigenvalue weighted by Gasteiger charge is 2.10. The first-order valence-electron chi connectivity index (χ1n) is 10.6. The third kappa shape index (κ3) is 6.30. The number of hydrogen-bond acceptors (Lipinski definition) is 3. The molecule has 0 aromatic carbocycles. The number of aryl methyl sites for hydroxylation is 2. The maximum absolute atomic E-state index is 2.42. The lowest BCUT2D eigenvalue weighted by Gasteiger charge is -1.97. The van der Waals surface area contributed by atoms with Crippen LogP contribution in [-0.4, -0.2) is 0 Å². The van der Waals surface area contributed by atoms with Crippen molar-refractivity contribution in [3.63, 3.8) is 0 Å². The lowest BCUT2D eigenvalue weighted by Crippen LogP contribution is -1.82. The van der Waals surface area contributed by atoms with Crippen LogP contribution in [-0.2, 0) is 12.8 Å². The van der Waals surface area contributed by atoms with Gasteiger partial charge in [0.15, 0.2) is 0 Å². The minimum atomic E-state index is 1.24. The summed E-state index contributed by atoms with van der Waals surface area (Å²) in [5.74, 6) is 0. The zero-order valence-corrected chi connectivity index (χ0v) is 19.2. The zero-order chi connectivity index (χ0) is 18.9. The lowest BCUT2D eigenvalue weighted by atomic mass is 10.1. The standard InChI is InChI=1S/C24H32S3/c1-3-5-7-9-11-19-15-23(25-17-19)21-13-14-22(27-21)24-16-20(18-26-24)12-10-8-6-4-2/h13-18H,3-12H2,1-2H3. The van der Waals surface area contributed by atoms with Crippen LogP contribution in [0, 0.1) is 0 Å². The molecule has 3 heteroatoms. The van der Waals surface area contributed by atoms with Gasteiger partial charge in [-0.3, -0.25) is 0 Å². The Morgan fingerprint density at radius 3 is 1.52 bits per heavy atom. The van der Waals surface area contributed by atoms with Crippen LogP contribution in [0.5, 0.6) is 0 Å². The number of unbranched alkanes of at least 4 members (excludes halogenated alkanes) is 6. The van der Waals surface area contributed by atoms with Crippen molar-refractivity contribution in [1.29, 1.82) is 0 Å². The molecule has 146 valence electrons. The van der Waals surface area contributed by atoms with Gasteiger partial charge in [0, 0.05) is 19.5 Å². The molecule has 27 heavy (non-hydrogen) atoms. The van der Waals surface area contributed by atoms with Crippen LogP contribution >= 0.6 is 34.0 Å². The van der Waals surface area contributed by atoms with Crippen molar-refractivity contribution in [3.8, 4) is 19.5 Å². The minimum absolute atomic E-state index is 1.24. The fourth-order valence-corrected chi connectivity index (χ4v) is 6.49. The highest BCUT2D eigenvalue weighted by molar-refractivity contribution is 7.25. The molecule has 0 aliphatic heterocycles. The molecule has 0 nitrogen and oxygen atoms in total. The van der Waals surface area contributed by atoms with Crippen LogP contribution in [0.2, 0.25) is 0 Å². The topological polar surface area (TPSA) is 0 Å². The molecule has 3 heterocycles. The predicted molar refractivity (Wildman–Crippen MR) is 127 cm³/mol. The summed E-state index contributed by atoms with van der Waals surface area (Å²) < 4.78 is 0. The van der Waals surface area contributed by atoms with E-state index in [-0.39, 0.29) is 0 Å². The van der Waals surface area contributed by atoms with Gasteiger partial charge in [-0.1, -0.05) is 52.4 Å². The molecule has 0 N–H and O–H groups in total. The van der Waals surface area contributed by atoms with E-state index >= 15 is 0 Å². The summed E-state index contributed by atoms with van der Waals surface area (Å²) in [5, 5.41) is 4.72. The van der Waals surface area contributed by atoms with Gasteiger partial charge >= 0.3 is 0 Å². The van der Waals surface area contributed by atoms with Crippen LogP contribution in [0.25, 0.3) is 19.5 Å². The molecular weight excluding hydrogens is 384 g/mol. The smallest absolute Gasteiger partial charge is 0.0449 e. The van der Waals surface area contributed by atoms with E-state index in [2.05, 4.69) is 48.9 Å². The molecule has 0 saturated carbocycles. The van der Waals surface area contributed by atoms with Gasteiger partial charge in [0.05, 0.1) is 0 Å². The quantitative estimate of drug-likeness (QED) is 0.258. The van der Waals surface area contributed by atoms with E-state index in [4.69, 9.17) is 0 Å². The van der Waals surface area contributed by atoms with Crippen molar-refractivity contribution in [1.82, 2.24) is 0 Å². The average Bonchev–Trinajstić information content (AvgIpc) is 3.42. The first-order chi connectivity index (χ1) is 13.3. The molecule has 0 unspecified atom stereocenters. The highest BCUT2D eigenvalue weighted by Crippen LogP contribution is 2.39. The van der Waals surface area contributed by atoms with Crippen molar-refractivity contribution in [2.45, 2.75) is 78.1 Å². The maximum Gasteiger partial charge on any atom is 0.0449 e.